The third-order valence-electron chi connectivity index (χ3n) is 1.55. The molecule has 1 saturated heterocycles. The Hall–Kier alpha value is -0.380. The summed E-state index contributed by atoms with van der Waals surface area (Å²) < 4.78 is 10.3. The highest BCUT2D eigenvalue weighted by atomic mass is 32.2. The van der Waals surface area contributed by atoms with Crippen LogP contribution in [0.5, 0.6) is 0 Å². The lowest BCUT2D eigenvalue weighted by Crippen LogP contribution is -2.12. The second-order valence-electron chi connectivity index (χ2n) is 2.47. The van der Waals surface area contributed by atoms with Gasteiger partial charge < -0.3 is 5.32 Å². The number of amides is 1. The maximum absolute atomic E-state index is 10.3. The lowest BCUT2D eigenvalue weighted by atomic mass is 10.4. The van der Waals surface area contributed by atoms with Crippen molar-refractivity contribution < 1.29 is 9.00 Å². The topological polar surface area (TPSA) is 46.2 Å². The van der Waals surface area contributed by atoms with Gasteiger partial charge in [-0.1, -0.05) is 13.8 Å². The Morgan fingerprint density at radius 3 is 2.08 bits per heavy atom. The monoisotopic (exact) mass is 191 g/mol. The van der Waals surface area contributed by atoms with Crippen molar-refractivity contribution >= 4 is 16.7 Å². The Bertz CT molecular complexity index is 143. The highest BCUT2D eigenvalue weighted by molar-refractivity contribution is 7.84. The van der Waals surface area contributed by atoms with E-state index in [4.69, 9.17) is 0 Å². The molecule has 0 saturated carbocycles. The van der Waals surface area contributed by atoms with E-state index >= 15 is 0 Å². The van der Waals surface area contributed by atoms with Crippen molar-refractivity contribution in [2.45, 2.75) is 26.7 Å². The minimum Gasteiger partial charge on any atom is -0.356 e. The van der Waals surface area contributed by atoms with Crippen LogP contribution in [0.2, 0.25) is 0 Å². The van der Waals surface area contributed by atoms with Crippen LogP contribution in [0.15, 0.2) is 0 Å². The maximum Gasteiger partial charge on any atom is 0.220 e. The van der Waals surface area contributed by atoms with Gasteiger partial charge in [0.15, 0.2) is 0 Å². The Morgan fingerprint density at radius 2 is 2.00 bits per heavy atom. The third-order valence-corrected chi connectivity index (χ3v) is 2.83. The quantitative estimate of drug-likeness (QED) is 0.697. The molecule has 0 unspecified atom stereocenters. The zero-order chi connectivity index (χ0) is 9.40. The fraction of sp³-hybridized carbons (Fsp3) is 0.875. The molecular weight excluding hydrogens is 174 g/mol. The number of carbonyl (C=O) groups is 1. The van der Waals surface area contributed by atoms with Crippen molar-refractivity contribution in [3.8, 4) is 0 Å². The van der Waals surface area contributed by atoms with Crippen molar-refractivity contribution in [2.24, 2.45) is 0 Å². The summed E-state index contributed by atoms with van der Waals surface area (Å²) >= 11 is 0. The molecule has 72 valence electrons. The molecule has 0 aliphatic carbocycles. The first-order valence-electron chi connectivity index (χ1n) is 4.32. The molecule has 1 rings (SSSR count). The number of rotatable bonds is 2. The second-order valence-corrected chi connectivity index (χ2v) is 4.51. The van der Waals surface area contributed by atoms with Crippen LogP contribution < -0.4 is 5.32 Å². The zero-order valence-corrected chi connectivity index (χ0v) is 8.58. The van der Waals surface area contributed by atoms with Gasteiger partial charge in [0, 0.05) is 35.3 Å². The molecule has 12 heavy (non-hydrogen) atoms. The van der Waals surface area contributed by atoms with Crippen LogP contribution in [0.4, 0.5) is 0 Å². The predicted molar refractivity (Wildman–Crippen MR) is 51.5 cm³/mol. The first kappa shape index (κ1) is 11.6. The summed E-state index contributed by atoms with van der Waals surface area (Å²) in [6.45, 7) is 4.75. The Morgan fingerprint density at radius 1 is 1.42 bits per heavy atom. The van der Waals surface area contributed by atoms with E-state index in [0.717, 1.165) is 30.9 Å². The summed E-state index contributed by atoms with van der Waals surface area (Å²) in [7, 11) is -0.534. The van der Waals surface area contributed by atoms with Gasteiger partial charge in [-0.05, 0) is 6.42 Å². The maximum atomic E-state index is 10.3. The minimum atomic E-state index is -0.534. The van der Waals surface area contributed by atoms with E-state index < -0.39 is 10.8 Å². The fourth-order valence-corrected chi connectivity index (χ4v) is 1.18. The van der Waals surface area contributed by atoms with Crippen molar-refractivity contribution in [1.29, 1.82) is 0 Å². The van der Waals surface area contributed by atoms with Crippen molar-refractivity contribution in [3.63, 3.8) is 0 Å². The molecular formula is C8H17NO2S. The van der Waals surface area contributed by atoms with Crippen molar-refractivity contribution in [2.75, 3.05) is 18.1 Å². The van der Waals surface area contributed by atoms with E-state index in [1.165, 1.54) is 0 Å². The molecule has 1 fully saturated rings. The molecule has 1 N–H and O–H groups in total. The van der Waals surface area contributed by atoms with Gasteiger partial charge >= 0.3 is 0 Å². The van der Waals surface area contributed by atoms with Gasteiger partial charge in [-0.3, -0.25) is 9.00 Å². The fourth-order valence-electron chi connectivity index (χ4n) is 0.769. The smallest absolute Gasteiger partial charge is 0.220 e. The van der Waals surface area contributed by atoms with E-state index in [-0.39, 0.29) is 5.91 Å². The molecule has 1 aliphatic heterocycles. The highest BCUT2D eigenvalue weighted by Crippen LogP contribution is 1.93. The SMILES string of the molecule is CCS(=O)CC.O=C1CCCN1. The normalized spacial score (nSPS) is 15.4. The lowest BCUT2D eigenvalue weighted by molar-refractivity contribution is -0.119. The van der Waals surface area contributed by atoms with E-state index in [1.54, 1.807) is 0 Å². The molecule has 1 aliphatic rings. The third kappa shape index (κ3) is 6.34. The number of nitrogens with one attached hydrogen (secondary N) is 1. The summed E-state index contributed by atoms with van der Waals surface area (Å²) in [6.07, 6.45) is 1.76. The van der Waals surface area contributed by atoms with Crippen LogP contribution in [-0.2, 0) is 15.6 Å². The summed E-state index contributed by atoms with van der Waals surface area (Å²) in [4.78, 5) is 10.1. The number of carbonyl (C=O) groups excluding carboxylic acids is 1. The first-order chi connectivity index (χ1) is 5.70. The molecule has 0 spiro atoms. The van der Waals surface area contributed by atoms with E-state index in [1.807, 2.05) is 13.8 Å². The van der Waals surface area contributed by atoms with Gasteiger partial charge in [-0.15, -0.1) is 0 Å². The van der Waals surface area contributed by atoms with Gasteiger partial charge in [-0.2, -0.15) is 0 Å². The Kier molecular flexibility index (Phi) is 7.05. The number of hydrogen-bond acceptors (Lipinski definition) is 2. The molecule has 3 nitrogen and oxygen atoms in total. The van der Waals surface area contributed by atoms with Gasteiger partial charge in [-0.25, -0.2) is 0 Å². The summed E-state index contributed by atoms with van der Waals surface area (Å²) in [6, 6.07) is 0. The standard InChI is InChI=1S/C4H7NO.C4H10OS/c6-4-2-1-3-5-4;1-3-6(5)4-2/h1-3H2,(H,5,6);3-4H2,1-2H3. The van der Waals surface area contributed by atoms with E-state index in [2.05, 4.69) is 5.32 Å². The molecule has 0 aromatic rings. The molecule has 0 bridgehead atoms. The molecule has 0 aromatic carbocycles. The molecule has 1 amide bonds. The number of hydrogen-bond donors (Lipinski definition) is 1. The average Bonchev–Trinajstić information content (AvgIpc) is 2.55. The van der Waals surface area contributed by atoms with Crippen LogP contribution in [0, 0.1) is 0 Å². The first-order valence-corrected chi connectivity index (χ1v) is 5.81. The van der Waals surface area contributed by atoms with E-state index in [9.17, 15) is 9.00 Å². The zero-order valence-electron chi connectivity index (χ0n) is 7.76. The largest absolute Gasteiger partial charge is 0.356 e. The molecule has 4 heteroatoms. The van der Waals surface area contributed by atoms with Gasteiger partial charge in [0.05, 0.1) is 0 Å². The molecule has 1 heterocycles. The van der Waals surface area contributed by atoms with Crippen LogP contribution in [0.1, 0.15) is 26.7 Å². The molecule has 0 atom stereocenters. The van der Waals surface area contributed by atoms with Crippen LogP contribution >= 0.6 is 0 Å². The van der Waals surface area contributed by atoms with Crippen LogP contribution in [-0.4, -0.2) is 28.2 Å². The lowest BCUT2D eigenvalue weighted by Gasteiger charge is -1.84. The van der Waals surface area contributed by atoms with Crippen LogP contribution in [0.25, 0.3) is 0 Å². The summed E-state index contributed by atoms with van der Waals surface area (Å²) in [5, 5.41) is 2.68. The van der Waals surface area contributed by atoms with Gasteiger partial charge in [0.2, 0.25) is 5.91 Å². The Balaban J connectivity index is 0.000000202. The highest BCUT2D eigenvalue weighted by Gasteiger charge is 2.05. The van der Waals surface area contributed by atoms with Gasteiger partial charge in [0.25, 0.3) is 0 Å². The second kappa shape index (κ2) is 7.28. The van der Waals surface area contributed by atoms with Crippen molar-refractivity contribution in [3.05, 3.63) is 0 Å². The van der Waals surface area contributed by atoms with Gasteiger partial charge in [0.1, 0.15) is 0 Å². The predicted octanol–water partition coefficient (Wildman–Crippen LogP) is 0.671. The molecule has 0 radical (unpaired) electrons. The minimum absolute atomic E-state index is 0.204. The van der Waals surface area contributed by atoms with Crippen LogP contribution in [0.3, 0.4) is 0 Å². The Labute approximate surface area is 76.4 Å². The van der Waals surface area contributed by atoms with E-state index in [0.29, 0.717) is 0 Å². The average molecular weight is 191 g/mol. The summed E-state index contributed by atoms with van der Waals surface area (Å²) in [5.74, 6) is 1.81. The summed E-state index contributed by atoms with van der Waals surface area (Å²) in [5.41, 5.74) is 0. The van der Waals surface area contributed by atoms with Crippen molar-refractivity contribution in [1.82, 2.24) is 5.32 Å². The molecule has 0 aromatic heterocycles.